The third-order valence-corrected chi connectivity index (χ3v) is 4.77. The monoisotopic (exact) mass is 297 g/mol. The molecule has 0 unspecified atom stereocenters. The average molecular weight is 297 g/mol. The third-order valence-electron chi connectivity index (χ3n) is 4.77. The lowest BCUT2D eigenvalue weighted by atomic mass is 9.78. The molecule has 1 aliphatic heterocycles. The predicted octanol–water partition coefficient (Wildman–Crippen LogP) is 1.88. The van der Waals surface area contributed by atoms with Gasteiger partial charge in [0.25, 0.3) is 5.91 Å². The van der Waals surface area contributed by atoms with Crippen LogP contribution in [0, 0.1) is 11.3 Å². The average Bonchev–Trinajstić information content (AvgIpc) is 2.90. The number of nitriles is 1. The first-order valence-electron chi connectivity index (χ1n) is 7.72. The van der Waals surface area contributed by atoms with Crippen molar-refractivity contribution in [1.29, 1.82) is 5.26 Å². The van der Waals surface area contributed by atoms with Crippen molar-refractivity contribution >= 4 is 11.8 Å². The first-order chi connectivity index (χ1) is 10.6. The van der Waals surface area contributed by atoms with Crippen molar-refractivity contribution in [1.82, 2.24) is 10.6 Å². The zero-order valence-electron chi connectivity index (χ0n) is 12.4. The first-order valence-corrected chi connectivity index (χ1v) is 7.72. The SMILES string of the molecule is N#Cc1cccc(C(=O)NC2CCC3(CCC(=O)N3)CC2)c1. The molecule has 0 radical (unpaired) electrons. The zero-order valence-corrected chi connectivity index (χ0v) is 12.4. The van der Waals surface area contributed by atoms with Gasteiger partial charge in [-0.05, 0) is 50.3 Å². The van der Waals surface area contributed by atoms with Crippen molar-refractivity contribution in [2.75, 3.05) is 0 Å². The fourth-order valence-corrected chi connectivity index (χ4v) is 3.46. The van der Waals surface area contributed by atoms with Crippen LogP contribution in [0.4, 0.5) is 0 Å². The molecule has 5 nitrogen and oxygen atoms in total. The van der Waals surface area contributed by atoms with Gasteiger partial charge < -0.3 is 10.6 Å². The van der Waals surface area contributed by atoms with Gasteiger partial charge in [0.2, 0.25) is 5.91 Å². The lowest BCUT2D eigenvalue weighted by Crippen LogP contribution is -2.49. The van der Waals surface area contributed by atoms with E-state index in [1.54, 1.807) is 24.3 Å². The zero-order chi connectivity index (χ0) is 15.6. The molecule has 1 heterocycles. The van der Waals surface area contributed by atoms with Crippen LogP contribution < -0.4 is 10.6 Å². The molecule has 0 atom stereocenters. The van der Waals surface area contributed by atoms with Gasteiger partial charge in [0.15, 0.2) is 0 Å². The molecule has 1 aliphatic carbocycles. The quantitative estimate of drug-likeness (QED) is 0.874. The maximum Gasteiger partial charge on any atom is 0.251 e. The van der Waals surface area contributed by atoms with Crippen LogP contribution in [0.5, 0.6) is 0 Å². The Morgan fingerprint density at radius 3 is 2.73 bits per heavy atom. The maximum atomic E-state index is 12.3. The first kappa shape index (κ1) is 14.6. The summed E-state index contributed by atoms with van der Waals surface area (Å²) in [6.45, 7) is 0. The predicted molar refractivity (Wildman–Crippen MR) is 81.0 cm³/mol. The van der Waals surface area contributed by atoms with Crippen molar-refractivity contribution in [2.45, 2.75) is 50.1 Å². The lowest BCUT2D eigenvalue weighted by Gasteiger charge is -2.37. The van der Waals surface area contributed by atoms with E-state index in [4.69, 9.17) is 5.26 Å². The van der Waals surface area contributed by atoms with Gasteiger partial charge in [0.1, 0.15) is 0 Å². The fourth-order valence-electron chi connectivity index (χ4n) is 3.46. The second-order valence-electron chi connectivity index (χ2n) is 6.27. The molecular formula is C17H19N3O2. The molecule has 1 aromatic carbocycles. The van der Waals surface area contributed by atoms with E-state index in [0.717, 1.165) is 32.1 Å². The molecule has 3 rings (SSSR count). The summed E-state index contributed by atoms with van der Waals surface area (Å²) in [7, 11) is 0. The molecule has 0 aromatic heterocycles. The summed E-state index contributed by atoms with van der Waals surface area (Å²) >= 11 is 0. The van der Waals surface area contributed by atoms with E-state index < -0.39 is 0 Å². The number of carbonyl (C=O) groups is 2. The molecule has 2 fully saturated rings. The van der Waals surface area contributed by atoms with Crippen molar-refractivity contribution in [3.63, 3.8) is 0 Å². The van der Waals surface area contributed by atoms with Crippen molar-refractivity contribution < 1.29 is 9.59 Å². The number of amides is 2. The van der Waals surface area contributed by atoms with Crippen LogP contribution >= 0.6 is 0 Å². The second-order valence-corrected chi connectivity index (χ2v) is 6.27. The van der Waals surface area contributed by atoms with Crippen LogP contribution in [0.3, 0.4) is 0 Å². The van der Waals surface area contributed by atoms with Crippen LogP contribution in [-0.4, -0.2) is 23.4 Å². The highest BCUT2D eigenvalue weighted by Crippen LogP contribution is 2.35. The fraction of sp³-hybridized carbons (Fsp3) is 0.471. The summed E-state index contributed by atoms with van der Waals surface area (Å²) in [5, 5.41) is 15.0. The molecular weight excluding hydrogens is 278 g/mol. The van der Waals surface area contributed by atoms with Gasteiger partial charge in [0.05, 0.1) is 11.6 Å². The van der Waals surface area contributed by atoms with E-state index in [9.17, 15) is 9.59 Å². The van der Waals surface area contributed by atoms with Gasteiger partial charge in [-0.25, -0.2) is 0 Å². The smallest absolute Gasteiger partial charge is 0.251 e. The van der Waals surface area contributed by atoms with Gasteiger partial charge >= 0.3 is 0 Å². The summed E-state index contributed by atoms with van der Waals surface area (Å²) in [6, 6.07) is 8.91. The topological polar surface area (TPSA) is 82.0 Å². The molecule has 1 saturated heterocycles. The van der Waals surface area contributed by atoms with Crippen LogP contribution in [-0.2, 0) is 4.79 Å². The number of hydrogen-bond acceptors (Lipinski definition) is 3. The Hall–Kier alpha value is -2.35. The number of nitrogens with one attached hydrogen (secondary N) is 2. The molecule has 1 saturated carbocycles. The van der Waals surface area contributed by atoms with Gasteiger partial charge in [0, 0.05) is 23.6 Å². The van der Waals surface area contributed by atoms with Crippen molar-refractivity contribution in [2.24, 2.45) is 0 Å². The Bertz CT molecular complexity index is 640. The highest BCUT2D eigenvalue weighted by molar-refractivity contribution is 5.94. The maximum absolute atomic E-state index is 12.3. The number of rotatable bonds is 2. The van der Waals surface area contributed by atoms with Crippen LogP contribution in [0.1, 0.15) is 54.4 Å². The number of benzene rings is 1. The highest BCUT2D eigenvalue weighted by Gasteiger charge is 2.40. The lowest BCUT2D eigenvalue weighted by molar-refractivity contribution is -0.120. The third kappa shape index (κ3) is 2.96. The highest BCUT2D eigenvalue weighted by atomic mass is 16.2. The van der Waals surface area contributed by atoms with E-state index in [2.05, 4.69) is 10.6 Å². The molecule has 1 spiro atoms. The normalized spacial score (nSPS) is 27.2. The van der Waals surface area contributed by atoms with E-state index in [1.807, 2.05) is 6.07 Å². The van der Waals surface area contributed by atoms with Crippen LogP contribution in [0.2, 0.25) is 0 Å². The number of hydrogen-bond donors (Lipinski definition) is 2. The second kappa shape index (κ2) is 5.80. The van der Waals surface area contributed by atoms with E-state index in [1.165, 1.54) is 0 Å². The van der Waals surface area contributed by atoms with Gasteiger partial charge in [-0.1, -0.05) is 6.07 Å². The molecule has 5 heteroatoms. The molecule has 2 N–H and O–H groups in total. The largest absolute Gasteiger partial charge is 0.351 e. The Labute approximate surface area is 129 Å². The molecule has 22 heavy (non-hydrogen) atoms. The Morgan fingerprint density at radius 2 is 2.09 bits per heavy atom. The summed E-state index contributed by atoms with van der Waals surface area (Å²) in [5.74, 6) is 0.0179. The minimum atomic E-state index is -0.131. The van der Waals surface area contributed by atoms with Gasteiger partial charge in [-0.15, -0.1) is 0 Å². The number of nitrogens with zero attached hydrogens (tertiary/aromatic N) is 1. The molecule has 114 valence electrons. The summed E-state index contributed by atoms with van der Waals surface area (Å²) in [5.41, 5.74) is 0.983. The minimum Gasteiger partial charge on any atom is -0.351 e. The number of carbonyl (C=O) groups excluding carboxylic acids is 2. The standard InChI is InChI=1S/C17H19N3O2/c18-11-12-2-1-3-13(10-12)16(22)19-14-4-7-17(8-5-14)9-6-15(21)20-17/h1-3,10,14H,4-9H2,(H,19,22)(H,20,21). The van der Waals surface area contributed by atoms with Crippen LogP contribution in [0.15, 0.2) is 24.3 Å². The molecule has 2 amide bonds. The van der Waals surface area contributed by atoms with E-state index in [0.29, 0.717) is 17.5 Å². The summed E-state index contributed by atoms with van der Waals surface area (Å²) in [6.07, 6.45) is 5.13. The molecule has 0 bridgehead atoms. The minimum absolute atomic E-state index is 0.0287. The van der Waals surface area contributed by atoms with Crippen molar-refractivity contribution in [3.8, 4) is 6.07 Å². The van der Waals surface area contributed by atoms with E-state index in [-0.39, 0.29) is 23.4 Å². The summed E-state index contributed by atoms with van der Waals surface area (Å²) in [4.78, 5) is 23.7. The van der Waals surface area contributed by atoms with Gasteiger partial charge in [-0.2, -0.15) is 5.26 Å². The summed E-state index contributed by atoms with van der Waals surface area (Å²) < 4.78 is 0. The Kier molecular flexibility index (Phi) is 3.84. The van der Waals surface area contributed by atoms with E-state index >= 15 is 0 Å². The Morgan fingerprint density at radius 1 is 1.32 bits per heavy atom. The van der Waals surface area contributed by atoms with Crippen LogP contribution in [0.25, 0.3) is 0 Å². The molecule has 2 aliphatic rings. The Balaban J connectivity index is 1.57. The molecule has 1 aromatic rings. The van der Waals surface area contributed by atoms with Gasteiger partial charge in [-0.3, -0.25) is 9.59 Å². The van der Waals surface area contributed by atoms with Crippen molar-refractivity contribution in [3.05, 3.63) is 35.4 Å².